The van der Waals surface area contributed by atoms with E-state index in [-0.39, 0.29) is 17.3 Å². The molecule has 1 saturated carbocycles. The number of benzene rings is 2. The first-order chi connectivity index (χ1) is 14.1. The monoisotopic (exact) mass is 414 g/mol. The lowest BCUT2D eigenvalue weighted by atomic mass is 9.73. The van der Waals surface area contributed by atoms with Crippen molar-refractivity contribution in [3.8, 4) is 22.3 Å². The highest BCUT2D eigenvalue weighted by Gasteiger charge is 2.35. The summed E-state index contributed by atoms with van der Waals surface area (Å²) in [5, 5.41) is 0. The maximum Gasteiger partial charge on any atom is 0.167 e. The first-order valence-corrected chi connectivity index (χ1v) is 12.8. The molecule has 0 heterocycles. The molecule has 0 N–H and O–H groups in total. The summed E-state index contributed by atoms with van der Waals surface area (Å²) in [6, 6.07) is 6.04. The van der Waals surface area contributed by atoms with Crippen molar-refractivity contribution in [3.05, 3.63) is 46.8 Å². The highest BCUT2D eigenvalue weighted by Crippen LogP contribution is 2.53. The predicted molar refractivity (Wildman–Crippen MR) is 115 cm³/mol. The van der Waals surface area contributed by atoms with Gasteiger partial charge in [-0.2, -0.15) is 0 Å². The summed E-state index contributed by atoms with van der Waals surface area (Å²) >= 11 is 0. The van der Waals surface area contributed by atoms with Gasteiger partial charge in [-0.15, -0.1) is 0 Å². The van der Waals surface area contributed by atoms with Crippen molar-refractivity contribution in [1.82, 2.24) is 0 Å². The molecule has 0 unspecified atom stereocenters. The van der Waals surface area contributed by atoms with E-state index in [1.165, 1.54) is 25.7 Å². The minimum absolute atomic E-state index is 0.147. The number of hydrogen-bond donors (Lipinski definition) is 0. The number of unbranched alkanes of at least 4 members (excludes halogenated alkanes) is 2. The van der Waals surface area contributed by atoms with Crippen molar-refractivity contribution in [1.29, 1.82) is 0 Å². The molecule has 2 radical (unpaired) electrons. The first kappa shape index (κ1) is 20.7. The van der Waals surface area contributed by atoms with E-state index in [2.05, 4.69) is 6.92 Å². The van der Waals surface area contributed by atoms with E-state index in [1.54, 1.807) is 6.07 Å². The fourth-order valence-electron chi connectivity index (χ4n) is 5.21. The van der Waals surface area contributed by atoms with E-state index in [0.29, 0.717) is 37.8 Å². The second kappa shape index (κ2) is 8.67. The molecule has 0 amide bonds. The smallest absolute Gasteiger partial charge is 0.167 e. The fraction of sp³-hybridized carbons (Fsp3) is 0.520. The molecular formula is C25H29F3Si. The van der Waals surface area contributed by atoms with E-state index in [1.807, 2.05) is 18.7 Å². The standard InChI is InChI=1S/C25H29F3Si/c1-3-4-5-6-15-7-9-16(10-8-15)18-11-12-19-20-13-17(14-29-2)23(26)25(28)22(20)21(19)24(18)27/h11-13,15-16H,3-10,14H2,1-2H3. The Morgan fingerprint density at radius 1 is 0.897 bits per heavy atom. The van der Waals surface area contributed by atoms with Gasteiger partial charge in [-0.1, -0.05) is 51.3 Å². The third-order valence-electron chi connectivity index (χ3n) is 6.86. The molecule has 0 spiro atoms. The highest BCUT2D eigenvalue weighted by atomic mass is 28.2. The lowest BCUT2D eigenvalue weighted by Crippen LogP contribution is -2.16. The molecule has 2 aromatic rings. The van der Waals surface area contributed by atoms with Crippen molar-refractivity contribution < 1.29 is 13.2 Å². The topological polar surface area (TPSA) is 0 Å². The van der Waals surface area contributed by atoms with Crippen LogP contribution in [0.2, 0.25) is 6.55 Å². The van der Waals surface area contributed by atoms with Gasteiger partial charge >= 0.3 is 0 Å². The van der Waals surface area contributed by atoms with Gasteiger partial charge < -0.3 is 0 Å². The van der Waals surface area contributed by atoms with Crippen LogP contribution in [0.5, 0.6) is 0 Å². The molecule has 0 aliphatic heterocycles. The van der Waals surface area contributed by atoms with E-state index < -0.39 is 11.6 Å². The third-order valence-corrected chi connectivity index (χ3v) is 7.60. The SMILES string of the molecule is CCCCCC1CCC(c2ccc3c(c2F)-c2c-3cc(C[Si]C)c(F)c2F)CC1. The molecule has 4 rings (SSSR count). The Kier molecular flexibility index (Phi) is 6.19. The largest absolute Gasteiger partial charge is 0.206 e. The number of fused-ring (bicyclic) bond motifs is 4. The van der Waals surface area contributed by atoms with E-state index in [9.17, 15) is 8.78 Å². The molecule has 0 aromatic heterocycles. The maximum absolute atomic E-state index is 15.4. The van der Waals surface area contributed by atoms with Crippen molar-refractivity contribution in [2.24, 2.45) is 5.92 Å². The molecule has 2 aliphatic rings. The molecule has 0 bridgehead atoms. The molecule has 29 heavy (non-hydrogen) atoms. The van der Waals surface area contributed by atoms with E-state index in [4.69, 9.17) is 0 Å². The van der Waals surface area contributed by atoms with Crippen LogP contribution >= 0.6 is 0 Å². The van der Waals surface area contributed by atoms with E-state index in [0.717, 1.165) is 37.2 Å². The van der Waals surface area contributed by atoms with Gasteiger partial charge in [0.05, 0.1) is 0 Å². The Balaban J connectivity index is 1.55. The van der Waals surface area contributed by atoms with Crippen molar-refractivity contribution in [2.75, 3.05) is 0 Å². The quantitative estimate of drug-likeness (QED) is 0.273. The average molecular weight is 415 g/mol. The second-order valence-corrected chi connectivity index (χ2v) is 9.78. The minimum Gasteiger partial charge on any atom is -0.206 e. The number of hydrogen-bond acceptors (Lipinski definition) is 0. The molecule has 2 aromatic carbocycles. The number of rotatable bonds is 7. The molecule has 2 aliphatic carbocycles. The van der Waals surface area contributed by atoms with Crippen LogP contribution in [0.15, 0.2) is 18.2 Å². The number of halogens is 3. The Hall–Kier alpha value is -1.55. The predicted octanol–water partition coefficient (Wildman–Crippen LogP) is 7.86. The summed E-state index contributed by atoms with van der Waals surface area (Å²) in [6.07, 6.45) is 9.39. The van der Waals surface area contributed by atoms with E-state index >= 15 is 4.39 Å². The first-order valence-electron chi connectivity index (χ1n) is 11.0. The van der Waals surface area contributed by atoms with Gasteiger partial charge in [0.2, 0.25) is 0 Å². The summed E-state index contributed by atoms with van der Waals surface area (Å²) in [5.74, 6) is -1.05. The van der Waals surface area contributed by atoms with Gasteiger partial charge in [-0.05, 0) is 71.9 Å². The Morgan fingerprint density at radius 3 is 2.31 bits per heavy atom. The molecule has 0 saturated heterocycles. The zero-order valence-corrected chi connectivity index (χ0v) is 18.4. The van der Waals surface area contributed by atoms with Crippen LogP contribution in [-0.2, 0) is 6.04 Å². The molecule has 1 fully saturated rings. The van der Waals surface area contributed by atoms with Crippen LogP contribution in [0.1, 0.15) is 75.3 Å². The summed E-state index contributed by atoms with van der Waals surface area (Å²) in [5.41, 5.74) is 2.93. The molecule has 154 valence electrons. The second-order valence-electron chi connectivity index (χ2n) is 8.72. The Morgan fingerprint density at radius 2 is 1.62 bits per heavy atom. The Bertz CT molecular complexity index is 898. The van der Waals surface area contributed by atoms with Crippen molar-refractivity contribution in [3.63, 3.8) is 0 Å². The maximum atomic E-state index is 15.4. The third kappa shape index (κ3) is 3.69. The van der Waals surface area contributed by atoms with Gasteiger partial charge in [-0.25, -0.2) is 13.2 Å². The van der Waals surface area contributed by atoms with Gasteiger partial charge in [0.25, 0.3) is 0 Å². The van der Waals surface area contributed by atoms with Crippen LogP contribution in [0.3, 0.4) is 0 Å². The summed E-state index contributed by atoms with van der Waals surface area (Å²) in [4.78, 5) is 0. The van der Waals surface area contributed by atoms with Crippen LogP contribution < -0.4 is 0 Å². The molecular weight excluding hydrogens is 385 g/mol. The zero-order chi connectivity index (χ0) is 20.5. The zero-order valence-electron chi connectivity index (χ0n) is 17.4. The van der Waals surface area contributed by atoms with Crippen LogP contribution in [-0.4, -0.2) is 9.52 Å². The Labute approximate surface area is 174 Å². The van der Waals surface area contributed by atoms with Crippen molar-refractivity contribution >= 4 is 9.52 Å². The van der Waals surface area contributed by atoms with Gasteiger partial charge in [0.1, 0.15) is 5.82 Å². The highest BCUT2D eigenvalue weighted by molar-refractivity contribution is 6.33. The average Bonchev–Trinajstić information content (AvgIpc) is 2.71. The van der Waals surface area contributed by atoms with Crippen LogP contribution in [0.25, 0.3) is 22.3 Å². The minimum atomic E-state index is -0.876. The van der Waals surface area contributed by atoms with Gasteiger partial charge in [-0.3, -0.25) is 0 Å². The lowest BCUT2D eigenvalue weighted by molar-refractivity contribution is 0.299. The van der Waals surface area contributed by atoms with Crippen LogP contribution in [0.4, 0.5) is 13.2 Å². The van der Waals surface area contributed by atoms with Crippen molar-refractivity contribution in [2.45, 2.75) is 76.8 Å². The summed E-state index contributed by atoms with van der Waals surface area (Å²) in [7, 11) is 0.513. The molecule has 0 atom stereocenters. The van der Waals surface area contributed by atoms with Crippen LogP contribution in [0, 0.1) is 23.4 Å². The summed E-state index contributed by atoms with van der Waals surface area (Å²) < 4.78 is 44.5. The molecule has 0 nitrogen and oxygen atoms in total. The normalized spacial score (nSPS) is 20.2. The fourth-order valence-corrected chi connectivity index (χ4v) is 5.85. The lowest BCUT2D eigenvalue weighted by Gasteiger charge is -2.32. The summed E-state index contributed by atoms with van der Waals surface area (Å²) in [6.45, 7) is 4.19. The van der Waals surface area contributed by atoms with Gasteiger partial charge in [0, 0.05) is 20.6 Å². The molecule has 4 heteroatoms. The van der Waals surface area contributed by atoms with Gasteiger partial charge in [0.15, 0.2) is 11.6 Å².